The number of hydrogen-bond donors (Lipinski definition) is 0. The maximum atomic E-state index is 3.33. The van der Waals surface area contributed by atoms with E-state index in [0.29, 0.717) is 0 Å². The molecule has 3 aromatic carbocycles. The van der Waals surface area contributed by atoms with E-state index in [-0.39, 0.29) is 41.8 Å². The van der Waals surface area contributed by atoms with Gasteiger partial charge in [0.25, 0.3) is 0 Å². The summed E-state index contributed by atoms with van der Waals surface area (Å²) in [6, 6.07) is 16.2. The number of fused-ring (bicyclic) bond motifs is 3. The molecular formula is C32H46Cl2SiTi. The molecule has 0 unspecified atom stereocenters. The predicted octanol–water partition coefficient (Wildman–Crippen LogP) is 10.8. The molecule has 0 radical (unpaired) electrons. The van der Waals surface area contributed by atoms with E-state index >= 15 is 0 Å². The van der Waals surface area contributed by atoms with Crippen molar-refractivity contribution in [2.24, 2.45) is 0 Å². The van der Waals surface area contributed by atoms with Gasteiger partial charge in [-0.25, -0.2) is 5.57 Å². The van der Waals surface area contributed by atoms with Gasteiger partial charge >= 0.3 is 38.5 Å². The largest absolute Gasteiger partial charge is 0.147 e. The summed E-state index contributed by atoms with van der Waals surface area (Å²) >= 11 is 2.27. The fraction of sp³-hybridized carbons (Fsp3) is 0.469. The molecule has 0 nitrogen and oxygen atoms in total. The van der Waals surface area contributed by atoms with Crippen LogP contribution in [0.3, 0.4) is 0 Å². The number of hydrogen-bond acceptors (Lipinski definition) is 0. The molecule has 1 aliphatic carbocycles. The molecule has 36 heavy (non-hydrogen) atoms. The Morgan fingerprint density at radius 1 is 0.806 bits per heavy atom. The summed E-state index contributed by atoms with van der Waals surface area (Å²) in [4.78, 5) is 0. The van der Waals surface area contributed by atoms with Crippen molar-refractivity contribution in [3.05, 3.63) is 76.9 Å². The number of allylic oxidation sites excluding steroid dienone is 4. The van der Waals surface area contributed by atoms with E-state index < -0.39 is 0 Å². The normalized spacial score (nSPS) is 12.9. The van der Waals surface area contributed by atoms with Crippen LogP contribution < -0.4 is 0 Å². The molecule has 4 rings (SSSR count). The molecule has 0 atom stereocenters. The molecule has 1 aliphatic rings. The van der Waals surface area contributed by atoms with Gasteiger partial charge in [0, 0.05) is 0 Å². The molecule has 196 valence electrons. The Morgan fingerprint density at radius 3 is 1.53 bits per heavy atom. The minimum Gasteiger partial charge on any atom is -0.147 e. The molecule has 0 fully saturated rings. The zero-order chi connectivity index (χ0) is 25.7. The van der Waals surface area contributed by atoms with Crippen molar-refractivity contribution in [1.82, 2.24) is 0 Å². The van der Waals surface area contributed by atoms with Crippen LogP contribution in [0.2, 0.25) is 13.1 Å². The number of halogens is 2. The molecule has 0 amide bonds. The average molecular weight is 578 g/mol. The Bertz CT molecular complexity index is 1110. The van der Waals surface area contributed by atoms with Gasteiger partial charge in [-0.3, -0.25) is 6.08 Å². The van der Waals surface area contributed by atoms with Gasteiger partial charge in [0.15, 0.2) is 0 Å². The first-order chi connectivity index (χ1) is 15.8. The minimum absolute atomic E-state index is 0. The summed E-state index contributed by atoms with van der Waals surface area (Å²) in [7, 11) is 0. The van der Waals surface area contributed by atoms with E-state index in [2.05, 4.69) is 142 Å². The van der Waals surface area contributed by atoms with Crippen molar-refractivity contribution in [3.63, 3.8) is 0 Å². The van der Waals surface area contributed by atoms with Gasteiger partial charge in [-0.2, -0.15) is 11.6 Å². The van der Waals surface area contributed by atoms with Crippen LogP contribution in [-0.4, -0.2) is 6.19 Å². The zero-order valence-electron chi connectivity index (χ0n) is 24.1. The van der Waals surface area contributed by atoms with Crippen LogP contribution in [0.5, 0.6) is 0 Å². The monoisotopic (exact) mass is 576 g/mol. The molecule has 0 heterocycles. The Hall–Kier alpha value is -0.699. The van der Waals surface area contributed by atoms with Gasteiger partial charge in [-0.05, 0) is 10.8 Å². The topological polar surface area (TPSA) is 0 Å². The van der Waals surface area contributed by atoms with E-state index in [9.17, 15) is 0 Å². The molecule has 0 saturated heterocycles. The van der Waals surface area contributed by atoms with Crippen molar-refractivity contribution in [3.8, 4) is 0 Å². The average Bonchev–Trinajstić information content (AvgIpc) is 3.35. The summed E-state index contributed by atoms with van der Waals surface area (Å²) in [6.45, 7) is 22.6. The van der Waals surface area contributed by atoms with E-state index in [4.69, 9.17) is 0 Å². The molecular weight excluding hydrogens is 531 g/mol. The summed E-state index contributed by atoms with van der Waals surface area (Å²) in [6.07, 6.45) is 9.11. The second-order valence-corrected chi connectivity index (χ2v) is 18.2. The summed E-state index contributed by atoms with van der Waals surface area (Å²) in [5.74, 6) is 0. The van der Waals surface area contributed by atoms with Crippen LogP contribution >= 0.6 is 24.8 Å². The van der Waals surface area contributed by atoms with Crippen molar-refractivity contribution in [2.75, 3.05) is 0 Å². The summed E-state index contributed by atoms with van der Waals surface area (Å²) in [5.41, 5.74) is 6.17. The number of rotatable bonds is 2. The smallest absolute Gasteiger partial charge is 0.147 e. The molecule has 0 saturated carbocycles. The summed E-state index contributed by atoms with van der Waals surface area (Å²) in [5, 5.41) is 5.48. The molecule has 0 N–H and O–H groups in total. The standard InChI is InChI=1S/C21H25.C9H13.C2H6Si.2ClH.Ti/c1-20(2,3)16-7-9-18-14(12-16)11-15-13-17(21(4,5)6)8-10-19(15)18;1-3-8-6-5-7-9(8)4-2;1-3-2;;;/h7-13H,1-6H3;6H,3-5H2,1-2H3;1-2H3;2*1H;/q2*-1;;;;+2. The number of benzene rings is 2. The van der Waals surface area contributed by atoms with Crippen molar-refractivity contribution >= 4 is 52.5 Å². The van der Waals surface area contributed by atoms with Crippen LogP contribution in [0, 0.1) is 6.08 Å². The van der Waals surface area contributed by atoms with Crippen LogP contribution in [0.15, 0.2) is 59.7 Å². The second kappa shape index (κ2) is 15.0. The molecule has 3 aromatic rings. The third kappa shape index (κ3) is 9.88. The fourth-order valence-corrected chi connectivity index (χ4v) is 4.20. The van der Waals surface area contributed by atoms with E-state index in [1.54, 1.807) is 0 Å². The Morgan fingerprint density at radius 2 is 1.22 bits per heavy atom. The Kier molecular flexibility index (Phi) is 14.7. The minimum atomic E-state index is 0. The molecule has 4 heteroatoms. The van der Waals surface area contributed by atoms with Gasteiger partial charge in [0.05, 0.1) is 0 Å². The fourth-order valence-electron chi connectivity index (χ4n) is 4.20. The molecule has 0 aromatic heterocycles. The first kappa shape index (κ1) is 35.3. The predicted molar refractivity (Wildman–Crippen MR) is 166 cm³/mol. The maximum absolute atomic E-state index is 3.33. The van der Waals surface area contributed by atoms with Crippen LogP contribution in [-0.2, 0) is 30.0 Å². The van der Waals surface area contributed by atoms with Crippen molar-refractivity contribution in [1.29, 1.82) is 0 Å². The quantitative estimate of drug-likeness (QED) is 0.210. The molecule has 0 aliphatic heterocycles. The summed E-state index contributed by atoms with van der Waals surface area (Å²) < 4.78 is 0. The molecule has 0 bridgehead atoms. The molecule has 0 spiro atoms. The Labute approximate surface area is 245 Å². The van der Waals surface area contributed by atoms with Crippen LogP contribution in [0.4, 0.5) is 0 Å². The Balaban J connectivity index is 0.000000686. The SMILES string of the molecule is CC(C)(C)c1ccc2c(c1)[cH-]c1cc(C(C)(C)C)ccc12.CCC1=[C-]CC=C1CC.C[Si](C)=[Ti+2].Cl.Cl. The zero-order valence-corrected chi connectivity index (χ0v) is 28.3. The third-order valence-electron chi connectivity index (χ3n) is 6.22. The van der Waals surface area contributed by atoms with Gasteiger partial charge < -0.3 is 0 Å². The van der Waals surface area contributed by atoms with Gasteiger partial charge in [-0.1, -0.05) is 104 Å². The first-order valence-electron chi connectivity index (χ1n) is 12.7. The van der Waals surface area contributed by atoms with Crippen molar-refractivity contribution < 1.29 is 19.2 Å². The van der Waals surface area contributed by atoms with Crippen LogP contribution in [0.1, 0.15) is 85.8 Å². The third-order valence-corrected chi connectivity index (χ3v) is 6.22. The van der Waals surface area contributed by atoms with Crippen molar-refractivity contribution in [2.45, 2.75) is 98.6 Å². The second-order valence-electron chi connectivity index (χ2n) is 11.5. The van der Waals surface area contributed by atoms with E-state index in [1.807, 2.05) is 0 Å². The van der Waals surface area contributed by atoms with Gasteiger partial charge in [-0.15, -0.1) is 71.0 Å². The van der Waals surface area contributed by atoms with Crippen LogP contribution in [0.25, 0.3) is 21.5 Å². The van der Waals surface area contributed by atoms with Gasteiger partial charge in [0.1, 0.15) is 0 Å². The van der Waals surface area contributed by atoms with E-state index in [0.717, 1.165) is 12.8 Å². The first-order valence-corrected chi connectivity index (χ1v) is 17.6. The van der Waals surface area contributed by atoms with E-state index in [1.165, 1.54) is 50.2 Å². The van der Waals surface area contributed by atoms with Gasteiger partial charge in [0.2, 0.25) is 0 Å². The maximum Gasteiger partial charge on any atom is -0.147 e.